The van der Waals surface area contributed by atoms with E-state index in [1.165, 1.54) is 12.7 Å². The SMILES string of the molecule is COC(=O)C(C)CN(C)CC1CCOc2ccccc21. The number of rotatable bonds is 5. The molecule has 0 aliphatic carbocycles. The van der Waals surface area contributed by atoms with Crippen molar-refractivity contribution in [3.05, 3.63) is 29.8 Å². The number of likely N-dealkylation sites (N-methyl/N-ethyl adjacent to an activating group) is 1. The number of hydrogen-bond donors (Lipinski definition) is 0. The van der Waals surface area contributed by atoms with Gasteiger partial charge >= 0.3 is 5.97 Å². The van der Waals surface area contributed by atoms with E-state index in [0.717, 1.165) is 25.3 Å². The topological polar surface area (TPSA) is 38.8 Å². The van der Waals surface area contributed by atoms with Gasteiger partial charge in [0, 0.05) is 19.0 Å². The molecule has 2 rings (SSSR count). The van der Waals surface area contributed by atoms with Crippen LogP contribution in [0.25, 0.3) is 0 Å². The summed E-state index contributed by atoms with van der Waals surface area (Å²) in [5.74, 6) is 1.22. The third-order valence-electron chi connectivity index (χ3n) is 3.80. The zero-order chi connectivity index (χ0) is 14.5. The summed E-state index contributed by atoms with van der Waals surface area (Å²) in [6, 6.07) is 8.22. The molecule has 0 spiro atoms. The number of carbonyl (C=O) groups is 1. The molecule has 1 aromatic carbocycles. The first-order valence-corrected chi connectivity index (χ1v) is 7.10. The lowest BCUT2D eigenvalue weighted by Crippen LogP contribution is -2.33. The summed E-state index contributed by atoms with van der Waals surface area (Å²) in [6.45, 7) is 4.32. The molecule has 1 heterocycles. The predicted octanol–water partition coefficient (Wildman–Crippen LogP) is 2.29. The lowest BCUT2D eigenvalue weighted by atomic mass is 9.92. The van der Waals surface area contributed by atoms with E-state index in [1.54, 1.807) is 0 Å². The summed E-state index contributed by atoms with van der Waals surface area (Å²) in [5, 5.41) is 0. The molecule has 110 valence electrons. The molecule has 4 heteroatoms. The van der Waals surface area contributed by atoms with Crippen LogP contribution in [0.15, 0.2) is 24.3 Å². The number of esters is 1. The van der Waals surface area contributed by atoms with Crippen LogP contribution in [0.3, 0.4) is 0 Å². The summed E-state index contributed by atoms with van der Waals surface area (Å²) in [5.41, 5.74) is 1.27. The first-order chi connectivity index (χ1) is 9.61. The highest BCUT2D eigenvalue weighted by Crippen LogP contribution is 2.33. The maximum atomic E-state index is 11.5. The molecule has 0 bridgehead atoms. The van der Waals surface area contributed by atoms with Gasteiger partial charge in [-0.2, -0.15) is 0 Å². The van der Waals surface area contributed by atoms with Crippen molar-refractivity contribution in [3.8, 4) is 5.75 Å². The molecule has 2 unspecified atom stereocenters. The Hall–Kier alpha value is -1.55. The molecular formula is C16H23NO3. The van der Waals surface area contributed by atoms with Gasteiger partial charge in [0.15, 0.2) is 0 Å². The number of para-hydroxylation sites is 1. The molecule has 1 aliphatic rings. The molecule has 0 saturated heterocycles. The van der Waals surface area contributed by atoms with Crippen molar-refractivity contribution in [1.29, 1.82) is 0 Å². The lowest BCUT2D eigenvalue weighted by Gasteiger charge is -2.30. The highest BCUT2D eigenvalue weighted by atomic mass is 16.5. The highest BCUT2D eigenvalue weighted by molar-refractivity contribution is 5.72. The van der Waals surface area contributed by atoms with Gasteiger partial charge in [0.25, 0.3) is 0 Å². The summed E-state index contributed by atoms with van der Waals surface area (Å²) in [7, 11) is 3.49. The Morgan fingerprint density at radius 3 is 3.00 bits per heavy atom. The Morgan fingerprint density at radius 2 is 2.25 bits per heavy atom. The van der Waals surface area contributed by atoms with Crippen molar-refractivity contribution < 1.29 is 14.3 Å². The lowest BCUT2D eigenvalue weighted by molar-refractivity contribution is -0.145. The molecule has 0 N–H and O–H groups in total. The molecule has 0 saturated carbocycles. The van der Waals surface area contributed by atoms with Gasteiger partial charge in [0.05, 0.1) is 19.6 Å². The summed E-state index contributed by atoms with van der Waals surface area (Å²) in [4.78, 5) is 13.7. The Kier molecular flexibility index (Phi) is 5.01. The van der Waals surface area contributed by atoms with E-state index in [9.17, 15) is 4.79 Å². The van der Waals surface area contributed by atoms with E-state index in [1.807, 2.05) is 19.1 Å². The number of benzene rings is 1. The van der Waals surface area contributed by atoms with Crippen LogP contribution in [0.1, 0.15) is 24.8 Å². The quantitative estimate of drug-likeness (QED) is 0.774. The molecule has 0 amide bonds. The average Bonchev–Trinajstić information content (AvgIpc) is 2.46. The third kappa shape index (κ3) is 3.51. The maximum Gasteiger partial charge on any atom is 0.309 e. The van der Waals surface area contributed by atoms with Crippen molar-refractivity contribution in [2.45, 2.75) is 19.3 Å². The minimum Gasteiger partial charge on any atom is -0.493 e. The van der Waals surface area contributed by atoms with Crippen molar-refractivity contribution >= 4 is 5.97 Å². The second-order valence-corrected chi connectivity index (χ2v) is 5.52. The molecule has 0 fully saturated rings. The fraction of sp³-hybridized carbons (Fsp3) is 0.562. The van der Waals surface area contributed by atoms with Crippen LogP contribution in [0.2, 0.25) is 0 Å². The number of carbonyl (C=O) groups excluding carboxylic acids is 1. The van der Waals surface area contributed by atoms with E-state index >= 15 is 0 Å². The van der Waals surface area contributed by atoms with Crippen LogP contribution in [0.4, 0.5) is 0 Å². The average molecular weight is 277 g/mol. The van der Waals surface area contributed by atoms with Gasteiger partial charge in [-0.3, -0.25) is 4.79 Å². The molecule has 20 heavy (non-hydrogen) atoms. The van der Waals surface area contributed by atoms with Gasteiger partial charge in [0.1, 0.15) is 5.75 Å². The molecule has 1 aliphatic heterocycles. The Morgan fingerprint density at radius 1 is 1.50 bits per heavy atom. The van der Waals surface area contributed by atoms with Crippen LogP contribution in [0.5, 0.6) is 5.75 Å². The third-order valence-corrected chi connectivity index (χ3v) is 3.80. The number of nitrogens with zero attached hydrogens (tertiary/aromatic N) is 1. The minimum absolute atomic E-state index is 0.0971. The van der Waals surface area contributed by atoms with Gasteiger partial charge in [-0.15, -0.1) is 0 Å². The number of hydrogen-bond acceptors (Lipinski definition) is 4. The first-order valence-electron chi connectivity index (χ1n) is 7.10. The van der Waals surface area contributed by atoms with Gasteiger partial charge in [-0.05, 0) is 25.1 Å². The number of fused-ring (bicyclic) bond motifs is 1. The Balaban J connectivity index is 1.95. The summed E-state index contributed by atoms with van der Waals surface area (Å²) in [6.07, 6.45) is 1.02. The van der Waals surface area contributed by atoms with Crippen LogP contribution in [0, 0.1) is 5.92 Å². The minimum atomic E-state index is -0.149. The molecule has 0 radical (unpaired) electrons. The van der Waals surface area contributed by atoms with Crippen LogP contribution in [-0.4, -0.2) is 44.7 Å². The van der Waals surface area contributed by atoms with Gasteiger partial charge < -0.3 is 14.4 Å². The summed E-state index contributed by atoms with van der Waals surface area (Å²) >= 11 is 0. The Bertz CT molecular complexity index is 461. The van der Waals surface area contributed by atoms with Crippen molar-refractivity contribution in [3.63, 3.8) is 0 Å². The molecule has 2 atom stereocenters. The van der Waals surface area contributed by atoms with Crippen molar-refractivity contribution in [1.82, 2.24) is 4.90 Å². The monoisotopic (exact) mass is 277 g/mol. The van der Waals surface area contributed by atoms with E-state index < -0.39 is 0 Å². The Labute approximate surface area is 120 Å². The van der Waals surface area contributed by atoms with Gasteiger partial charge in [-0.25, -0.2) is 0 Å². The molecule has 4 nitrogen and oxygen atoms in total. The highest BCUT2D eigenvalue weighted by Gasteiger charge is 2.23. The van der Waals surface area contributed by atoms with Crippen LogP contribution >= 0.6 is 0 Å². The van der Waals surface area contributed by atoms with E-state index in [4.69, 9.17) is 9.47 Å². The standard InChI is InChI=1S/C16H23NO3/c1-12(16(18)19-3)10-17(2)11-13-8-9-20-15-7-5-4-6-14(13)15/h4-7,12-13H,8-11H2,1-3H3. The second-order valence-electron chi connectivity index (χ2n) is 5.52. The van der Waals surface area contributed by atoms with Crippen molar-refractivity contribution in [2.75, 3.05) is 33.9 Å². The van der Waals surface area contributed by atoms with Crippen LogP contribution in [-0.2, 0) is 9.53 Å². The fourth-order valence-corrected chi connectivity index (χ4v) is 2.80. The smallest absolute Gasteiger partial charge is 0.309 e. The first kappa shape index (κ1) is 14.9. The van der Waals surface area contributed by atoms with Crippen molar-refractivity contribution in [2.24, 2.45) is 5.92 Å². The normalized spacial score (nSPS) is 19.1. The van der Waals surface area contributed by atoms with E-state index in [0.29, 0.717) is 12.5 Å². The van der Waals surface area contributed by atoms with Crippen LogP contribution < -0.4 is 4.74 Å². The molecule has 0 aromatic heterocycles. The maximum absolute atomic E-state index is 11.5. The zero-order valence-corrected chi connectivity index (χ0v) is 12.5. The number of methoxy groups -OCH3 is 1. The fourth-order valence-electron chi connectivity index (χ4n) is 2.80. The predicted molar refractivity (Wildman–Crippen MR) is 78.0 cm³/mol. The summed E-state index contributed by atoms with van der Waals surface area (Å²) < 4.78 is 10.5. The largest absolute Gasteiger partial charge is 0.493 e. The molecular weight excluding hydrogens is 254 g/mol. The van der Waals surface area contributed by atoms with E-state index in [2.05, 4.69) is 24.1 Å². The second kappa shape index (κ2) is 6.75. The number of ether oxygens (including phenoxy) is 2. The van der Waals surface area contributed by atoms with Gasteiger partial charge in [-0.1, -0.05) is 25.1 Å². The molecule has 1 aromatic rings. The van der Waals surface area contributed by atoms with E-state index in [-0.39, 0.29) is 11.9 Å². The van der Waals surface area contributed by atoms with Gasteiger partial charge in [0.2, 0.25) is 0 Å². The zero-order valence-electron chi connectivity index (χ0n) is 12.5.